The number of hydrogen-bond donors (Lipinski definition) is 1. The van der Waals surface area contributed by atoms with Crippen molar-refractivity contribution in [2.45, 2.75) is 11.4 Å². The molecule has 0 amide bonds. The molecule has 0 spiro atoms. The van der Waals surface area contributed by atoms with Gasteiger partial charge in [-0.1, -0.05) is 23.4 Å². The van der Waals surface area contributed by atoms with Gasteiger partial charge in [0.05, 0.1) is 11.9 Å². The van der Waals surface area contributed by atoms with Crippen LogP contribution in [0.4, 0.5) is 0 Å². The van der Waals surface area contributed by atoms with Gasteiger partial charge >= 0.3 is 0 Å². The van der Waals surface area contributed by atoms with Crippen molar-refractivity contribution in [3.8, 4) is 0 Å². The Bertz CT molecular complexity index is 520. The molecule has 0 aliphatic rings. The molecule has 0 bridgehead atoms. The van der Waals surface area contributed by atoms with E-state index in [2.05, 4.69) is 28.1 Å². The number of benzene rings is 1. The second-order valence-electron chi connectivity index (χ2n) is 3.62. The summed E-state index contributed by atoms with van der Waals surface area (Å²) in [6.45, 7) is 0.783. The van der Waals surface area contributed by atoms with Gasteiger partial charge in [-0.15, -0.1) is 11.8 Å². The highest BCUT2D eigenvalue weighted by atomic mass is 32.2. The maximum Gasteiger partial charge on any atom is 0.0898 e. The molecule has 88 valence electrons. The van der Waals surface area contributed by atoms with Crippen molar-refractivity contribution in [2.24, 2.45) is 5.16 Å². The molecule has 1 N–H and O–H groups in total. The van der Waals surface area contributed by atoms with Gasteiger partial charge in [0, 0.05) is 17.6 Å². The molecule has 0 aliphatic carbocycles. The molecule has 17 heavy (non-hydrogen) atoms. The van der Waals surface area contributed by atoms with Crippen molar-refractivity contribution in [3.63, 3.8) is 0 Å². The van der Waals surface area contributed by atoms with E-state index in [1.54, 1.807) is 11.8 Å². The average Bonchev–Trinajstić information content (AvgIpc) is 2.78. The van der Waals surface area contributed by atoms with Crippen LogP contribution < -0.4 is 0 Å². The molecule has 1 aromatic carbocycles. The highest BCUT2D eigenvalue weighted by Crippen LogP contribution is 2.21. The third kappa shape index (κ3) is 2.71. The first-order valence-electron chi connectivity index (χ1n) is 5.29. The molecule has 2 aromatic rings. The molecule has 0 unspecified atom stereocenters. The molecule has 3 nitrogen and oxygen atoms in total. The van der Waals surface area contributed by atoms with Gasteiger partial charge < -0.3 is 9.77 Å². The van der Waals surface area contributed by atoms with Crippen LogP contribution in [-0.4, -0.2) is 22.2 Å². The lowest BCUT2D eigenvalue weighted by molar-refractivity contribution is 0.321. The summed E-state index contributed by atoms with van der Waals surface area (Å²) in [4.78, 5) is 1.27. The van der Waals surface area contributed by atoms with Crippen LogP contribution in [-0.2, 0) is 6.54 Å². The molecule has 0 saturated carbocycles. The number of rotatable bonds is 4. The van der Waals surface area contributed by atoms with E-state index in [-0.39, 0.29) is 0 Å². The average molecular weight is 246 g/mol. The van der Waals surface area contributed by atoms with Crippen LogP contribution >= 0.6 is 11.8 Å². The van der Waals surface area contributed by atoms with Crippen LogP contribution in [0.15, 0.2) is 52.6 Å². The Morgan fingerprint density at radius 1 is 1.29 bits per heavy atom. The Labute approximate surface area is 105 Å². The summed E-state index contributed by atoms with van der Waals surface area (Å²) >= 11 is 1.74. The summed E-state index contributed by atoms with van der Waals surface area (Å²) in [6.07, 6.45) is 5.50. The van der Waals surface area contributed by atoms with Gasteiger partial charge in [0.2, 0.25) is 0 Å². The van der Waals surface area contributed by atoms with Gasteiger partial charge in [0.25, 0.3) is 0 Å². The molecule has 4 heteroatoms. The number of hydrogen-bond acceptors (Lipinski definition) is 3. The summed E-state index contributed by atoms with van der Waals surface area (Å²) in [7, 11) is 0. The Morgan fingerprint density at radius 3 is 2.88 bits per heavy atom. The summed E-state index contributed by atoms with van der Waals surface area (Å²) < 4.78 is 2.05. The van der Waals surface area contributed by atoms with Crippen LogP contribution in [0.5, 0.6) is 0 Å². The van der Waals surface area contributed by atoms with E-state index in [0.717, 1.165) is 12.2 Å². The third-order valence-electron chi connectivity index (χ3n) is 2.59. The Morgan fingerprint density at radius 2 is 2.12 bits per heavy atom. The minimum Gasteiger partial charge on any atom is -0.411 e. The summed E-state index contributed by atoms with van der Waals surface area (Å²) in [6, 6.07) is 12.2. The molecule has 2 rings (SSSR count). The zero-order chi connectivity index (χ0) is 12.1. The van der Waals surface area contributed by atoms with Crippen molar-refractivity contribution in [3.05, 3.63) is 53.9 Å². The second kappa shape index (κ2) is 5.59. The van der Waals surface area contributed by atoms with E-state index in [1.165, 1.54) is 16.7 Å². The SMILES string of the molecule is CSc1ccccc1Cn1cccc1/C=N\O. The minimum absolute atomic E-state index is 0.783. The second-order valence-corrected chi connectivity index (χ2v) is 4.47. The molecular formula is C13H14N2OS. The fourth-order valence-electron chi connectivity index (χ4n) is 1.76. The number of thioether (sulfide) groups is 1. The largest absolute Gasteiger partial charge is 0.411 e. The van der Waals surface area contributed by atoms with E-state index >= 15 is 0 Å². The number of aromatic nitrogens is 1. The molecule has 1 aromatic heterocycles. The summed E-state index contributed by atoms with van der Waals surface area (Å²) in [5, 5.41) is 11.7. The van der Waals surface area contributed by atoms with Crippen molar-refractivity contribution in [1.29, 1.82) is 0 Å². The van der Waals surface area contributed by atoms with Crippen molar-refractivity contribution in [2.75, 3.05) is 6.26 Å². The maximum absolute atomic E-state index is 8.58. The molecule has 0 atom stereocenters. The van der Waals surface area contributed by atoms with E-state index < -0.39 is 0 Å². The zero-order valence-corrected chi connectivity index (χ0v) is 10.4. The lowest BCUT2D eigenvalue weighted by atomic mass is 10.2. The third-order valence-corrected chi connectivity index (χ3v) is 3.43. The fourth-order valence-corrected chi connectivity index (χ4v) is 2.37. The highest BCUT2D eigenvalue weighted by Gasteiger charge is 2.03. The van der Waals surface area contributed by atoms with Gasteiger partial charge in [-0.3, -0.25) is 0 Å². The van der Waals surface area contributed by atoms with Gasteiger partial charge in [-0.05, 0) is 30.0 Å². The smallest absolute Gasteiger partial charge is 0.0898 e. The molecule has 0 saturated heterocycles. The first kappa shape index (κ1) is 11.8. The van der Waals surface area contributed by atoms with Crippen molar-refractivity contribution >= 4 is 18.0 Å². The first-order chi connectivity index (χ1) is 8.35. The number of nitrogens with zero attached hydrogens (tertiary/aromatic N) is 2. The maximum atomic E-state index is 8.58. The Hall–Kier alpha value is -1.68. The van der Waals surface area contributed by atoms with Gasteiger partial charge in [-0.25, -0.2) is 0 Å². The highest BCUT2D eigenvalue weighted by molar-refractivity contribution is 7.98. The minimum atomic E-state index is 0.783. The lowest BCUT2D eigenvalue weighted by Gasteiger charge is -2.09. The Balaban J connectivity index is 2.28. The predicted molar refractivity (Wildman–Crippen MR) is 71.1 cm³/mol. The van der Waals surface area contributed by atoms with E-state index in [9.17, 15) is 0 Å². The molecular weight excluding hydrogens is 232 g/mol. The predicted octanol–water partition coefficient (Wildman–Crippen LogP) is 3.07. The van der Waals surface area contributed by atoms with E-state index in [4.69, 9.17) is 5.21 Å². The van der Waals surface area contributed by atoms with Crippen LogP contribution in [0.3, 0.4) is 0 Å². The van der Waals surface area contributed by atoms with Crippen LogP contribution in [0.1, 0.15) is 11.3 Å². The van der Waals surface area contributed by atoms with Gasteiger partial charge in [0.1, 0.15) is 0 Å². The van der Waals surface area contributed by atoms with Crippen molar-refractivity contribution in [1.82, 2.24) is 4.57 Å². The van der Waals surface area contributed by atoms with E-state index in [1.807, 2.05) is 30.5 Å². The molecule has 1 heterocycles. The van der Waals surface area contributed by atoms with Crippen molar-refractivity contribution < 1.29 is 5.21 Å². The van der Waals surface area contributed by atoms with Crippen LogP contribution in [0, 0.1) is 0 Å². The standard InChI is InChI=1S/C13H14N2OS/c1-17-13-7-3-2-5-11(13)10-15-8-4-6-12(15)9-14-16/h2-9,16H,10H2,1H3/b14-9-. The van der Waals surface area contributed by atoms with Crippen LogP contribution in [0.2, 0.25) is 0 Å². The van der Waals surface area contributed by atoms with Gasteiger partial charge in [0.15, 0.2) is 0 Å². The topological polar surface area (TPSA) is 37.5 Å². The monoisotopic (exact) mass is 246 g/mol. The number of oxime groups is 1. The van der Waals surface area contributed by atoms with Crippen LogP contribution in [0.25, 0.3) is 0 Å². The summed E-state index contributed by atoms with van der Waals surface area (Å²) in [5.74, 6) is 0. The lowest BCUT2D eigenvalue weighted by Crippen LogP contribution is -2.03. The normalized spacial score (nSPS) is 11.1. The molecule has 0 aliphatic heterocycles. The fraction of sp³-hybridized carbons (Fsp3) is 0.154. The zero-order valence-electron chi connectivity index (χ0n) is 9.58. The Kier molecular flexibility index (Phi) is 3.88. The van der Waals surface area contributed by atoms with Gasteiger partial charge in [-0.2, -0.15) is 0 Å². The van der Waals surface area contributed by atoms with E-state index in [0.29, 0.717) is 0 Å². The summed E-state index contributed by atoms with van der Waals surface area (Å²) in [5.41, 5.74) is 2.16. The first-order valence-corrected chi connectivity index (χ1v) is 6.52. The molecule has 0 fully saturated rings. The molecule has 0 radical (unpaired) electrons. The quantitative estimate of drug-likeness (QED) is 0.389.